The standard InChI is InChI=1S/C16H13NO3S/c1-11(18)20-10-16(19)17-12-6-2-4-8-14(12)21-15-9-5-3-7-13(15)17/h2-9H,10H2,1H3. The van der Waals surface area contributed by atoms with Crippen molar-refractivity contribution >= 4 is 35.0 Å². The number of nitrogens with zero attached hydrogens (tertiary/aromatic N) is 1. The van der Waals surface area contributed by atoms with Crippen LogP contribution < -0.4 is 4.90 Å². The molecule has 0 aromatic heterocycles. The number of ether oxygens (including phenoxy) is 1. The molecule has 0 fully saturated rings. The van der Waals surface area contributed by atoms with Gasteiger partial charge in [0.15, 0.2) is 6.61 Å². The molecule has 1 amide bonds. The average molecular weight is 299 g/mol. The number of anilines is 2. The zero-order chi connectivity index (χ0) is 14.8. The molecule has 1 aliphatic rings. The molecule has 2 aromatic carbocycles. The summed E-state index contributed by atoms with van der Waals surface area (Å²) in [5, 5.41) is 0. The summed E-state index contributed by atoms with van der Waals surface area (Å²) in [7, 11) is 0. The number of esters is 1. The second kappa shape index (κ2) is 5.61. The lowest BCUT2D eigenvalue weighted by Gasteiger charge is -2.30. The molecule has 3 rings (SSSR count). The highest BCUT2D eigenvalue weighted by molar-refractivity contribution is 7.99. The van der Waals surface area contributed by atoms with Crippen LogP contribution in [0.5, 0.6) is 0 Å². The summed E-state index contributed by atoms with van der Waals surface area (Å²) in [4.78, 5) is 27.0. The fourth-order valence-electron chi connectivity index (χ4n) is 2.20. The number of amides is 1. The fourth-order valence-corrected chi connectivity index (χ4v) is 3.26. The molecule has 1 heterocycles. The summed E-state index contributed by atoms with van der Waals surface area (Å²) in [6.45, 7) is 1.03. The minimum atomic E-state index is -0.462. The SMILES string of the molecule is CC(=O)OCC(=O)N1c2ccccc2Sc2ccccc21. The van der Waals surface area contributed by atoms with E-state index in [-0.39, 0.29) is 12.5 Å². The topological polar surface area (TPSA) is 46.6 Å². The molecule has 106 valence electrons. The Morgan fingerprint density at radius 3 is 2.05 bits per heavy atom. The maximum atomic E-state index is 12.5. The molecule has 4 nitrogen and oxygen atoms in total. The Morgan fingerprint density at radius 1 is 1.00 bits per heavy atom. The number of fused-ring (bicyclic) bond motifs is 2. The molecule has 0 N–H and O–H groups in total. The van der Waals surface area contributed by atoms with E-state index in [1.807, 2.05) is 48.5 Å². The summed E-state index contributed by atoms with van der Waals surface area (Å²) in [5.41, 5.74) is 1.64. The summed E-state index contributed by atoms with van der Waals surface area (Å²) < 4.78 is 4.85. The Bertz CT molecular complexity index is 669. The fraction of sp³-hybridized carbons (Fsp3) is 0.125. The van der Waals surface area contributed by atoms with Gasteiger partial charge in [0.2, 0.25) is 0 Å². The largest absolute Gasteiger partial charge is 0.456 e. The monoisotopic (exact) mass is 299 g/mol. The quantitative estimate of drug-likeness (QED) is 0.798. The first-order valence-electron chi connectivity index (χ1n) is 6.49. The van der Waals surface area contributed by atoms with Crippen LogP contribution in [0.3, 0.4) is 0 Å². The third-order valence-electron chi connectivity index (χ3n) is 3.08. The van der Waals surface area contributed by atoms with Gasteiger partial charge < -0.3 is 4.74 Å². The van der Waals surface area contributed by atoms with Crippen LogP contribution in [0.4, 0.5) is 11.4 Å². The normalized spacial score (nSPS) is 12.3. The molecule has 0 radical (unpaired) electrons. The van der Waals surface area contributed by atoms with Crippen molar-refractivity contribution in [3.8, 4) is 0 Å². The molecule has 0 spiro atoms. The number of carbonyl (C=O) groups excluding carboxylic acids is 2. The lowest BCUT2D eigenvalue weighted by molar-refractivity contribution is -0.145. The summed E-state index contributed by atoms with van der Waals surface area (Å²) in [5.74, 6) is -0.721. The molecule has 0 bridgehead atoms. The molecule has 21 heavy (non-hydrogen) atoms. The van der Waals surface area contributed by atoms with E-state index >= 15 is 0 Å². The molecule has 5 heteroatoms. The average Bonchev–Trinajstić information content (AvgIpc) is 2.50. The molecule has 0 saturated heterocycles. The zero-order valence-electron chi connectivity index (χ0n) is 11.4. The Morgan fingerprint density at radius 2 is 1.52 bits per heavy atom. The van der Waals surface area contributed by atoms with Gasteiger partial charge in [0.25, 0.3) is 5.91 Å². The highest BCUT2D eigenvalue weighted by atomic mass is 32.2. The van der Waals surface area contributed by atoms with E-state index in [2.05, 4.69) is 0 Å². The van der Waals surface area contributed by atoms with Crippen molar-refractivity contribution in [3.63, 3.8) is 0 Å². The van der Waals surface area contributed by atoms with Crippen LogP contribution in [0.2, 0.25) is 0 Å². The minimum absolute atomic E-state index is 0.259. The molecule has 0 saturated carbocycles. The van der Waals surface area contributed by atoms with E-state index in [1.54, 1.807) is 16.7 Å². The van der Waals surface area contributed by atoms with Gasteiger partial charge >= 0.3 is 5.97 Å². The van der Waals surface area contributed by atoms with Gasteiger partial charge in [0.1, 0.15) is 0 Å². The third-order valence-corrected chi connectivity index (χ3v) is 4.21. The predicted octanol–water partition coefficient (Wildman–Crippen LogP) is 3.38. The van der Waals surface area contributed by atoms with Crippen LogP contribution in [-0.2, 0) is 14.3 Å². The van der Waals surface area contributed by atoms with Crippen molar-refractivity contribution in [1.82, 2.24) is 0 Å². The number of benzene rings is 2. The molecule has 0 aliphatic carbocycles. The van der Waals surface area contributed by atoms with E-state index in [9.17, 15) is 9.59 Å². The van der Waals surface area contributed by atoms with Gasteiger partial charge in [-0.2, -0.15) is 0 Å². The molecule has 0 atom stereocenters. The third kappa shape index (κ3) is 2.64. The molecule has 1 aliphatic heterocycles. The van der Waals surface area contributed by atoms with Crippen molar-refractivity contribution in [2.75, 3.05) is 11.5 Å². The second-order valence-corrected chi connectivity index (χ2v) is 5.63. The summed E-state index contributed by atoms with van der Waals surface area (Å²) in [6.07, 6.45) is 0. The number of hydrogen-bond donors (Lipinski definition) is 0. The first kappa shape index (κ1) is 13.7. The highest BCUT2D eigenvalue weighted by Crippen LogP contribution is 2.47. The lowest BCUT2D eigenvalue weighted by atomic mass is 10.2. The van der Waals surface area contributed by atoms with Crippen LogP contribution in [-0.4, -0.2) is 18.5 Å². The van der Waals surface area contributed by atoms with E-state index in [0.29, 0.717) is 0 Å². The minimum Gasteiger partial charge on any atom is -0.456 e. The highest BCUT2D eigenvalue weighted by Gasteiger charge is 2.28. The molecular formula is C16H13NO3S. The van der Waals surface area contributed by atoms with E-state index < -0.39 is 5.97 Å². The Labute approximate surface area is 126 Å². The summed E-state index contributed by atoms with van der Waals surface area (Å²) in [6, 6.07) is 15.4. The number of rotatable bonds is 2. The van der Waals surface area contributed by atoms with Gasteiger partial charge in [-0.15, -0.1) is 0 Å². The van der Waals surface area contributed by atoms with Crippen molar-refractivity contribution in [1.29, 1.82) is 0 Å². The Hall–Kier alpha value is -2.27. The van der Waals surface area contributed by atoms with Gasteiger partial charge in [-0.25, -0.2) is 0 Å². The Balaban J connectivity index is 2.02. The maximum Gasteiger partial charge on any atom is 0.303 e. The molecular weight excluding hydrogens is 286 g/mol. The Kier molecular flexibility index (Phi) is 3.66. The smallest absolute Gasteiger partial charge is 0.303 e. The van der Waals surface area contributed by atoms with Crippen molar-refractivity contribution in [3.05, 3.63) is 48.5 Å². The first-order chi connectivity index (χ1) is 10.2. The maximum absolute atomic E-state index is 12.5. The van der Waals surface area contributed by atoms with Gasteiger partial charge in [0.05, 0.1) is 11.4 Å². The van der Waals surface area contributed by atoms with Crippen LogP contribution >= 0.6 is 11.8 Å². The van der Waals surface area contributed by atoms with E-state index in [0.717, 1.165) is 21.2 Å². The van der Waals surface area contributed by atoms with Crippen molar-refractivity contribution in [2.24, 2.45) is 0 Å². The van der Waals surface area contributed by atoms with Gasteiger partial charge in [-0.05, 0) is 24.3 Å². The lowest BCUT2D eigenvalue weighted by Crippen LogP contribution is -2.32. The number of hydrogen-bond acceptors (Lipinski definition) is 4. The van der Waals surface area contributed by atoms with E-state index in [4.69, 9.17) is 4.74 Å². The van der Waals surface area contributed by atoms with Crippen LogP contribution in [0, 0.1) is 0 Å². The van der Waals surface area contributed by atoms with Crippen LogP contribution in [0.15, 0.2) is 58.3 Å². The van der Waals surface area contributed by atoms with E-state index in [1.165, 1.54) is 6.92 Å². The molecule has 0 unspecified atom stereocenters. The predicted molar refractivity (Wildman–Crippen MR) is 80.8 cm³/mol. The van der Waals surface area contributed by atoms with Gasteiger partial charge in [-0.1, -0.05) is 36.0 Å². The first-order valence-corrected chi connectivity index (χ1v) is 7.30. The second-order valence-electron chi connectivity index (χ2n) is 4.55. The number of para-hydroxylation sites is 2. The number of carbonyl (C=O) groups is 2. The van der Waals surface area contributed by atoms with Crippen molar-refractivity contribution < 1.29 is 14.3 Å². The zero-order valence-corrected chi connectivity index (χ0v) is 12.2. The molecule has 2 aromatic rings. The van der Waals surface area contributed by atoms with Crippen molar-refractivity contribution in [2.45, 2.75) is 16.7 Å². The van der Waals surface area contributed by atoms with Crippen LogP contribution in [0.25, 0.3) is 0 Å². The van der Waals surface area contributed by atoms with Gasteiger partial charge in [0, 0.05) is 16.7 Å². The van der Waals surface area contributed by atoms with Crippen LogP contribution in [0.1, 0.15) is 6.92 Å². The summed E-state index contributed by atoms with van der Waals surface area (Å²) >= 11 is 1.63. The van der Waals surface area contributed by atoms with Gasteiger partial charge in [-0.3, -0.25) is 14.5 Å².